The molecule has 30 heavy (non-hydrogen) atoms. The Bertz CT molecular complexity index is 1040. The van der Waals surface area contributed by atoms with Gasteiger partial charge in [-0.2, -0.15) is 0 Å². The number of imide groups is 1. The molecule has 3 aliphatic rings. The molecule has 3 unspecified atom stereocenters. The SMILES string of the molecule is CC(=O)C(C)N1C(=O)C2C(N=C3N(c4cccc(C)c4C)C(C)=C(C)N32)N(C)C1=O. The van der Waals surface area contributed by atoms with Crippen LogP contribution in [0.3, 0.4) is 0 Å². The van der Waals surface area contributed by atoms with Gasteiger partial charge >= 0.3 is 6.03 Å². The lowest BCUT2D eigenvalue weighted by atomic mass is 10.1. The number of ketones is 1. The number of anilines is 1. The van der Waals surface area contributed by atoms with Crippen molar-refractivity contribution in [2.75, 3.05) is 11.9 Å². The maximum Gasteiger partial charge on any atom is 0.328 e. The van der Waals surface area contributed by atoms with Crippen LogP contribution in [-0.4, -0.2) is 63.7 Å². The van der Waals surface area contributed by atoms with Gasteiger partial charge in [-0.1, -0.05) is 12.1 Å². The predicted molar refractivity (Wildman–Crippen MR) is 114 cm³/mol. The van der Waals surface area contributed by atoms with Crippen LogP contribution in [0.25, 0.3) is 0 Å². The van der Waals surface area contributed by atoms with Crippen LogP contribution in [0.2, 0.25) is 0 Å². The molecule has 3 heterocycles. The van der Waals surface area contributed by atoms with E-state index in [0.717, 1.165) is 33.1 Å². The first-order valence-corrected chi connectivity index (χ1v) is 10.1. The molecule has 1 aromatic carbocycles. The molecule has 3 amide bonds. The third kappa shape index (κ3) is 2.52. The average molecular weight is 409 g/mol. The number of carbonyl (C=O) groups is 3. The molecule has 0 aromatic heterocycles. The van der Waals surface area contributed by atoms with Crippen molar-refractivity contribution in [2.45, 2.75) is 59.8 Å². The third-order valence-electron chi connectivity index (χ3n) is 6.63. The quantitative estimate of drug-likeness (QED) is 0.767. The second-order valence-corrected chi connectivity index (χ2v) is 8.27. The van der Waals surface area contributed by atoms with Crippen molar-refractivity contribution in [3.05, 3.63) is 40.7 Å². The second kappa shape index (κ2) is 6.68. The summed E-state index contributed by atoms with van der Waals surface area (Å²) in [6.07, 6.45) is -0.633. The van der Waals surface area contributed by atoms with Crippen LogP contribution in [0, 0.1) is 13.8 Å². The van der Waals surface area contributed by atoms with Crippen molar-refractivity contribution in [3.63, 3.8) is 0 Å². The van der Waals surface area contributed by atoms with Crippen molar-refractivity contribution < 1.29 is 14.4 Å². The van der Waals surface area contributed by atoms with Gasteiger partial charge in [0.1, 0.15) is 0 Å². The summed E-state index contributed by atoms with van der Waals surface area (Å²) in [5, 5.41) is 0. The molecule has 0 aliphatic carbocycles. The van der Waals surface area contributed by atoms with Crippen molar-refractivity contribution in [3.8, 4) is 0 Å². The molecule has 8 nitrogen and oxygen atoms in total. The zero-order chi connectivity index (χ0) is 22.1. The van der Waals surface area contributed by atoms with Gasteiger partial charge in [-0.3, -0.25) is 24.3 Å². The van der Waals surface area contributed by atoms with E-state index in [2.05, 4.69) is 24.8 Å². The fraction of sp³-hybridized carbons (Fsp3) is 0.455. The van der Waals surface area contributed by atoms with Gasteiger partial charge in [0.05, 0.1) is 11.7 Å². The summed E-state index contributed by atoms with van der Waals surface area (Å²) >= 11 is 0. The van der Waals surface area contributed by atoms with E-state index in [0.29, 0.717) is 5.96 Å². The van der Waals surface area contributed by atoms with Crippen molar-refractivity contribution in [1.29, 1.82) is 0 Å². The highest BCUT2D eigenvalue weighted by atomic mass is 16.2. The summed E-state index contributed by atoms with van der Waals surface area (Å²) in [6.45, 7) is 11.1. The van der Waals surface area contributed by atoms with Gasteiger partial charge < -0.3 is 4.90 Å². The first kappa shape index (κ1) is 20.1. The van der Waals surface area contributed by atoms with E-state index in [1.54, 1.807) is 14.0 Å². The highest BCUT2D eigenvalue weighted by molar-refractivity contribution is 6.11. The minimum atomic E-state index is -0.819. The minimum absolute atomic E-state index is 0.232. The fourth-order valence-electron chi connectivity index (χ4n) is 4.38. The van der Waals surface area contributed by atoms with Gasteiger partial charge in [-0.05, 0) is 58.7 Å². The van der Waals surface area contributed by atoms with Gasteiger partial charge in [0, 0.05) is 18.4 Å². The molecular weight excluding hydrogens is 382 g/mol. The van der Waals surface area contributed by atoms with Crippen LogP contribution in [-0.2, 0) is 9.59 Å². The smallest absolute Gasteiger partial charge is 0.302 e. The number of fused-ring (bicyclic) bond motifs is 3. The van der Waals surface area contributed by atoms with Crippen molar-refractivity contribution in [2.24, 2.45) is 4.99 Å². The van der Waals surface area contributed by atoms with E-state index < -0.39 is 24.3 Å². The number of Topliss-reactive ketones (excluding diaryl/α,β-unsaturated/α-hetero) is 1. The molecule has 3 aliphatic heterocycles. The molecule has 0 bridgehead atoms. The number of benzene rings is 1. The van der Waals surface area contributed by atoms with Crippen LogP contribution in [0.1, 0.15) is 38.8 Å². The molecule has 158 valence electrons. The molecule has 0 N–H and O–H groups in total. The number of urea groups is 1. The second-order valence-electron chi connectivity index (χ2n) is 8.27. The Labute approximate surface area is 176 Å². The van der Waals surface area contributed by atoms with Crippen LogP contribution < -0.4 is 4.90 Å². The minimum Gasteiger partial charge on any atom is -0.302 e. The highest BCUT2D eigenvalue weighted by Gasteiger charge is 2.57. The van der Waals surface area contributed by atoms with E-state index in [9.17, 15) is 14.4 Å². The van der Waals surface area contributed by atoms with Gasteiger partial charge in [0.15, 0.2) is 18.0 Å². The summed E-state index contributed by atoms with van der Waals surface area (Å²) in [7, 11) is 1.63. The Hall–Kier alpha value is -3.16. The highest BCUT2D eigenvalue weighted by Crippen LogP contribution is 2.41. The van der Waals surface area contributed by atoms with Gasteiger partial charge in [-0.15, -0.1) is 0 Å². The van der Waals surface area contributed by atoms with Crippen molar-refractivity contribution in [1.82, 2.24) is 14.7 Å². The summed E-state index contributed by atoms with van der Waals surface area (Å²) in [5.41, 5.74) is 5.19. The number of allylic oxidation sites excluding steroid dienone is 2. The normalized spacial score (nSPS) is 24.4. The van der Waals surface area contributed by atoms with Gasteiger partial charge in [0.2, 0.25) is 5.96 Å². The summed E-state index contributed by atoms with van der Waals surface area (Å²) in [4.78, 5) is 49.6. The topological polar surface area (TPSA) is 76.5 Å². The molecule has 1 aromatic rings. The number of likely N-dealkylation sites (N-methyl/N-ethyl adjacent to an activating group) is 1. The lowest BCUT2D eigenvalue weighted by molar-refractivity contribution is -0.142. The lowest BCUT2D eigenvalue weighted by Gasteiger charge is -2.42. The molecule has 0 spiro atoms. The number of aryl methyl sites for hydroxylation is 1. The summed E-state index contributed by atoms with van der Waals surface area (Å²) in [5.74, 6) is 0.0168. The number of aliphatic imine (C=N–C) groups is 1. The van der Waals surface area contributed by atoms with E-state index in [1.165, 1.54) is 11.8 Å². The number of nitrogens with zero attached hydrogens (tertiary/aromatic N) is 5. The molecule has 3 atom stereocenters. The first-order valence-electron chi connectivity index (χ1n) is 10.1. The zero-order valence-corrected chi connectivity index (χ0v) is 18.4. The molecule has 0 saturated carbocycles. The summed E-state index contributed by atoms with van der Waals surface area (Å²) < 4.78 is 0. The first-order chi connectivity index (χ1) is 14.1. The largest absolute Gasteiger partial charge is 0.328 e. The van der Waals surface area contributed by atoms with Gasteiger partial charge in [0.25, 0.3) is 5.91 Å². The molecule has 0 radical (unpaired) electrons. The zero-order valence-electron chi connectivity index (χ0n) is 18.4. The van der Waals surface area contributed by atoms with E-state index in [4.69, 9.17) is 4.99 Å². The van der Waals surface area contributed by atoms with E-state index >= 15 is 0 Å². The van der Waals surface area contributed by atoms with Crippen LogP contribution in [0.5, 0.6) is 0 Å². The maximum atomic E-state index is 13.4. The molecule has 1 fully saturated rings. The van der Waals surface area contributed by atoms with E-state index in [-0.39, 0.29) is 11.7 Å². The number of amides is 3. The third-order valence-corrected chi connectivity index (χ3v) is 6.63. The van der Waals surface area contributed by atoms with Crippen LogP contribution in [0.4, 0.5) is 10.5 Å². The summed E-state index contributed by atoms with van der Waals surface area (Å²) in [6, 6.07) is 4.10. The Morgan fingerprint density at radius 2 is 1.77 bits per heavy atom. The molecule has 1 saturated heterocycles. The maximum absolute atomic E-state index is 13.4. The van der Waals surface area contributed by atoms with Crippen LogP contribution >= 0.6 is 0 Å². The van der Waals surface area contributed by atoms with Crippen molar-refractivity contribution >= 4 is 29.4 Å². The monoisotopic (exact) mass is 409 g/mol. The number of guanidine groups is 1. The van der Waals surface area contributed by atoms with Gasteiger partial charge in [-0.25, -0.2) is 9.79 Å². The number of carbonyl (C=O) groups excluding carboxylic acids is 3. The predicted octanol–water partition coefficient (Wildman–Crippen LogP) is 2.61. The molecule has 8 heteroatoms. The average Bonchev–Trinajstić information content (AvgIpc) is 3.19. The Balaban J connectivity index is 1.81. The Kier molecular flexibility index (Phi) is 4.48. The fourth-order valence-corrected chi connectivity index (χ4v) is 4.38. The lowest BCUT2D eigenvalue weighted by Crippen LogP contribution is -2.67. The molecular formula is C22H27N5O3. The Morgan fingerprint density at radius 1 is 1.10 bits per heavy atom. The van der Waals surface area contributed by atoms with Crippen LogP contribution in [0.15, 0.2) is 34.6 Å². The standard InChI is InChI=1S/C22H27N5O3/c1-11-9-8-10-17(12(11)2)25-13(3)14(4)26-18-19(23-21(25)26)24(7)22(30)27(20(18)29)15(5)16(6)28/h8-10,15,18-19H,1-7H3. The molecule has 4 rings (SSSR count). The number of hydrogen-bond acceptors (Lipinski definition) is 6. The Morgan fingerprint density at radius 3 is 2.40 bits per heavy atom. The number of hydrogen-bond donors (Lipinski definition) is 0. The van der Waals surface area contributed by atoms with E-state index in [1.807, 2.05) is 30.9 Å². The number of rotatable bonds is 3.